The Morgan fingerprint density at radius 3 is 2.65 bits per heavy atom. The predicted molar refractivity (Wildman–Crippen MR) is 129 cm³/mol. The van der Waals surface area contributed by atoms with Crippen LogP contribution in [-0.2, 0) is 17.6 Å². The number of nitrogens with zero attached hydrogens (tertiary/aromatic N) is 3. The Balaban J connectivity index is 1.54. The molecule has 1 N–H and O–H groups in total. The first kappa shape index (κ1) is 21.6. The smallest absolute Gasteiger partial charge is 0.234 e. The van der Waals surface area contributed by atoms with Crippen LogP contribution in [0.1, 0.15) is 23.2 Å². The number of anilines is 1. The minimum Gasteiger partial charge on any atom is -0.325 e. The van der Waals surface area contributed by atoms with E-state index in [0.29, 0.717) is 16.6 Å². The number of aryl methyl sites for hydroxylation is 1. The van der Waals surface area contributed by atoms with Gasteiger partial charge in [-0.05, 0) is 53.8 Å². The van der Waals surface area contributed by atoms with Crippen molar-refractivity contribution in [2.24, 2.45) is 0 Å². The summed E-state index contributed by atoms with van der Waals surface area (Å²) in [6, 6.07) is 19.5. The van der Waals surface area contributed by atoms with Crippen molar-refractivity contribution in [3.05, 3.63) is 87.3 Å². The van der Waals surface area contributed by atoms with Gasteiger partial charge in [0.15, 0.2) is 5.16 Å². The zero-order chi connectivity index (χ0) is 21.6. The molecular weight excluding hydrogens is 448 g/mol. The van der Waals surface area contributed by atoms with Gasteiger partial charge in [0.25, 0.3) is 0 Å². The van der Waals surface area contributed by atoms with Crippen LogP contribution in [0.4, 0.5) is 5.69 Å². The highest BCUT2D eigenvalue weighted by molar-refractivity contribution is 7.99. The van der Waals surface area contributed by atoms with Gasteiger partial charge in [0.1, 0.15) is 5.82 Å². The number of para-hydroxylation sites is 1. The number of carbonyl (C=O) groups is 1. The van der Waals surface area contributed by atoms with Crippen LogP contribution in [0.15, 0.2) is 71.2 Å². The van der Waals surface area contributed by atoms with Crippen molar-refractivity contribution in [3.8, 4) is 5.69 Å². The Kier molecular flexibility index (Phi) is 7.06. The molecule has 0 saturated carbocycles. The van der Waals surface area contributed by atoms with Crippen LogP contribution in [-0.4, -0.2) is 26.4 Å². The van der Waals surface area contributed by atoms with Crippen LogP contribution < -0.4 is 5.32 Å². The number of benzene rings is 2. The molecule has 0 aliphatic rings. The van der Waals surface area contributed by atoms with E-state index in [2.05, 4.69) is 28.5 Å². The second-order valence-electron chi connectivity index (χ2n) is 6.81. The zero-order valence-corrected chi connectivity index (χ0v) is 19.3. The van der Waals surface area contributed by atoms with Gasteiger partial charge in [-0.1, -0.05) is 54.6 Å². The maximum atomic E-state index is 12.6. The molecule has 0 aliphatic carbocycles. The third kappa shape index (κ3) is 5.36. The molecule has 1 amide bonds. The molecular formula is C23H21ClN4OS2. The molecule has 0 radical (unpaired) electrons. The van der Waals surface area contributed by atoms with Crippen LogP contribution in [0.5, 0.6) is 0 Å². The number of rotatable bonds is 8. The molecule has 0 saturated heterocycles. The molecule has 0 spiro atoms. The van der Waals surface area contributed by atoms with E-state index in [1.807, 2.05) is 64.5 Å². The summed E-state index contributed by atoms with van der Waals surface area (Å²) in [6.07, 6.45) is 1.53. The lowest BCUT2D eigenvalue weighted by molar-refractivity contribution is -0.113. The number of thioether (sulfide) groups is 1. The molecule has 31 heavy (non-hydrogen) atoms. The van der Waals surface area contributed by atoms with E-state index < -0.39 is 0 Å². The van der Waals surface area contributed by atoms with E-state index >= 15 is 0 Å². The van der Waals surface area contributed by atoms with Gasteiger partial charge in [0.2, 0.25) is 5.91 Å². The van der Waals surface area contributed by atoms with E-state index in [9.17, 15) is 4.79 Å². The molecule has 0 atom stereocenters. The van der Waals surface area contributed by atoms with Crippen molar-refractivity contribution in [1.29, 1.82) is 0 Å². The maximum absolute atomic E-state index is 12.6. The molecule has 8 heteroatoms. The highest BCUT2D eigenvalue weighted by atomic mass is 35.5. The second kappa shape index (κ2) is 10.1. The van der Waals surface area contributed by atoms with E-state index in [-0.39, 0.29) is 11.7 Å². The molecule has 4 rings (SSSR count). The van der Waals surface area contributed by atoms with E-state index in [1.54, 1.807) is 11.3 Å². The third-order valence-corrected chi connectivity index (χ3v) is 6.76. The third-order valence-electron chi connectivity index (χ3n) is 4.70. The summed E-state index contributed by atoms with van der Waals surface area (Å²) in [5.74, 6) is 0.989. The van der Waals surface area contributed by atoms with Crippen molar-refractivity contribution in [2.45, 2.75) is 24.9 Å². The normalized spacial score (nSPS) is 10.9. The molecule has 2 heterocycles. The highest BCUT2D eigenvalue weighted by Gasteiger charge is 2.17. The average molecular weight is 469 g/mol. The molecule has 2 aromatic heterocycles. The molecule has 0 fully saturated rings. The van der Waals surface area contributed by atoms with E-state index in [1.165, 1.54) is 16.6 Å². The van der Waals surface area contributed by atoms with Crippen LogP contribution >= 0.6 is 34.7 Å². The molecule has 0 bridgehead atoms. The van der Waals surface area contributed by atoms with Crippen LogP contribution in [0.25, 0.3) is 5.69 Å². The lowest BCUT2D eigenvalue weighted by Gasteiger charge is -2.11. The standard InChI is InChI=1S/C23H21ClN4OS2/c1-2-16-6-3-4-8-20(16)25-22(29)15-31-23-27-26-21(14-19-7-5-13-30-19)28(23)18-11-9-17(24)10-12-18/h3-13H,2,14-15H2,1H3,(H,25,29). The number of halogens is 1. The molecule has 5 nitrogen and oxygen atoms in total. The predicted octanol–water partition coefficient (Wildman–Crippen LogP) is 5.87. The minimum absolute atomic E-state index is 0.0728. The number of hydrogen-bond donors (Lipinski definition) is 1. The van der Waals surface area contributed by atoms with Crippen LogP contribution in [0.2, 0.25) is 5.02 Å². The Morgan fingerprint density at radius 1 is 1.10 bits per heavy atom. The molecule has 2 aromatic carbocycles. The summed E-state index contributed by atoms with van der Waals surface area (Å²) >= 11 is 9.13. The fourth-order valence-electron chi connectivity index (χ4n) is 3.19. The number of aromatic nitrogens is 3. The van der Waals surface area contributed by atoms with Crippen LogP contribution in [0, 0.1) is 0 Å². The lowest BCUT2D eigenvalue weighted by Crippen LogP contribution is -2.15. The van der Waals surface area contributed by atoms with Gasteiger partial charge in [-0.25, -0.2) is 0 Å². The Morgan fingerprint density at radius 2 is 1.90 bits per heavy atom. The fraction of sp³-hybridized carbons (Fsp3) is 0.174. The molecule has 0 aliphatic heterocycles. The zero-order valence-electron chi connectivity index (χ0n) is 16.9. The van der Waals surface area contributed by atoms with Crippen molar-refractivity contribution in [2.75, 3.05) is 11.1 Å². The average Bonchev–Trinajstić information content (AvgIpc) is 3.44. The monoisotopic (exact) mass is 468 g/mol. The number of hydrogen-bond acceptors (Lipinski definition) is 5. The van der Waals surface area contributed by atoms with Gasteiger partial charge in [-0.3, -0.25) is 9.36 Å². The topological polar surface area (TPSA) is 59.8 Å². The van der Waals surface area contributed by atoms with Gasteiger partial charge in [-0.15, -0.1) is 21.5 Å². The Hall–Kier alpha value is -2.61. The number of nitrogens with one attached hydrogen (secondary N) is 1. The van der Waals surface area contributed by atoms with Crippen molar-refractivity contribution in [1.82, 2.24) is 14.8 Å². The van der Waals surface area contributed by atoms with E-state index in [4.69, 9.17) is 11.6 Å². The lowest BCUT2D eigenvalue weighted by atomic mass is 10.1. The first-order valence-electron chi connectivity index (χ1n) is 9.87. The van der Waals surface area contributed by atoms with E-state index in [0.717, 1.165) is 29.2 Å². The van der Waals surface area contributed by atoms with Crippen molar-refractivity contribution in [3.63, 3.8) is 0 Å². The van der Waals surface area contributed by atoms with Crippen LogP contribution in [0.3, 0.4) is 0 Å². The summed E-state index contributed by atoms with van der Waals surface area (Å²) in [7, 11) is 0. The number of carbonyl (C=O) groups excluding carboxylic acids is 1. The summed E-state index contributed by atoms with van der Waals surface area (Å²) < 4.78 is 1.99. The first-order chi connectivity index (χ1) is 15.1. The highest BCUT2D eigenvalue weighted by Crippen LogP contribution is 2.26. The molecule has 158 valence electrons. The summed E-state index contributed by atoms with van der Waals surface area (Å²) in [5.41, 5.74) is 2.89. The number of thiophene rings is 1. The van der Waals surface area contributed by atoms with Crippen molar-refractivity contribution >= 4 is 46.3 Å². The van der Waals surface area contributed by atoms with Gasteiger partial charge in [0.05, 0.1) is 5.75 Å². The van der Waals surface area contributed by atoms with Gasteiger partial charge in [-0.2, -0.15) is 0 Å². The fourth-order valence-corrected chi connectivity index (χ4v) is 4.79. The van der Waals surface area contributed by atoms with Crippen molar-refractivity contribution < 1.29 is 4.79 Å². The van der Waals surface area contributed by atoms with Gasteiger partial charge in [0, 0.05) is 27.7 Å². The number of amides is 1. The Bertz CT molecular complexity index is 1160. The minimum atomic E-state index is -0.0728. The SMILES string of the molecule is CCc1ccccc1NC(=O)CSc1nnc(Cc2cccs2)n1-c1ccc(Cl)cc1. The quantitative estimate of drug-likeness (QED) is 0.329. The van der Waals surface area contributed by atoms with Gasteiger partial charge < -0.3 is 5.32 Å². The second-order valence-corrected chi connectivity index (χ2v) is 9.23. The summed E-state index contributed by atoms with van der Waals surface area (Å²) in [5, 5.41) is 15.2. The summed E-state index contributed by atoms with van der Waals surface area (Å²) in [4.78, 5) is 13.8. The van der Waals surface area contributed by atoms with Gasteiger partial charge >= 0.3 is 0 Å². The molecule has 0 unspecified atom stereocenters. The summed E-state index contributed by atoms with van der Waals surface area (Å²) in [6.45, 7) is 2.07. The Labute approximate surface area is 194 Å². The molecule has 4 aromatic rings. The first-order valence-corrected chi connectivity index (χ1v) is 12.1. The maximum Gasteiger partial charge on any atom is 0.234 e. The largest absolute Gasteiger partial charge is 0.325 e.